The fourth-order valence-electron chi connectivity index (χ4n) is 2.25. The average Bonchev–Trinajstić information content (AvgIpc) is 2.76. The molecule has 1 fully saturated rings. The van der Waals surface area contributed by atoms with Crippen LogP contribution in [0.3, 0.4) is 0 Å². The van der Waals surface area contributed by atoms with Crippen LogP contribution in [0.4, 0.5) is 4.39 Å². The van der Waals surface area contributed by atoms with Gasteiger partial charge < -0.3 is 10.4 Å². The summed E-state index contributed by atoms with van der Waals surface area (Å²) in [5, 5.41) is 11.9. The summed E-state index contributed by atoms with van der Waals surface area (Å²) in [6.07, 6.45) is 5.13. The minimum atomic E-state index is -0.622. The first-order chi connectivity index (χ1) is 8.22. The molecule has 1 aliphatic carbocycles. The number of hydrogen-bond acceptors (Lipinski definition) is 3. The second kappa shape index (κ2) is 5.23. The van der Waals surface area contributed by atoms with Gasteiger partial charge in [-0.15, -0.1) is 0 Å². The Morgan fingerprint density at radius 3 is 3.12 bits per heavy atom. The van der Waals surface area contributed by atoms with Crippen LogP contribution in [0.2, 0.25) is 0 Å². The molecule has 1 aromatic heterocycles. The molecule has 1 heterocycles. The number of pyridine rings is 1. The van der Waals surface area contributed by atoms with Crippen molar-refractivity contribution in [1.82, 2.24) is 10.3 Å². The predicted molar refractivity (Wildman–Crippen MR) is 59.9 cm³/mol. The molecular formula is C12H15FN2O2. The highest BCUT2D eigenvalue weighted by Crippen LogP contribution is 2.25. The van der Waals surface area contributed by atoms with Gasteiger partial charge >= 0.3 is 0 Å². The Kier molecular flexibility index (Phi) is 3.68. The van der Waals surface area contributed by atoms with E-state index >= 15 is 0 Å². The molecule has 17 heavy (non-hydrogen) atoms. The Morgan fingerprint density at radius 1 is 1.59 bits per heavy atom. The zero-order chi connectivity index (χ0) is 12.3. The standard InChI is InChI=1S/C12H15FN2O2/c13-10-6-14-5-4-9(10)12(17)15-11-3-1-2-8(11)7-16/h4-6,8,11,16H,1-3,7H2,(H,15,17). The molecule has 5 heteroatoms. The molecule has 4 nitrogen and oxygen atoms in total. The fourth-order valence-corrected chi connectivity index (χ4v) is 2.25. The number of carbonyl (C=O) groups excluding carboxylic acids is 1. The molecule has 1 amide bonds. The third-order valence-electron chi connectivity index (χ3n) is 3.23. The van der Waals surface area contributed by atoms with Gasteiger partial charge in [0.05, 0.1) is 11.8 Å². The average molecular weight is 238 g/mol. The minimum absolute atomic E-state index is 0.00332. The van der Waals surface area contributed by atoms with E-state index in [9.17, 15) is 9.18 Å². The van der Waals surface area contributed by atoms with Crippen LogP contribution in [-0.4, -0.2) is 28.6 Å². The maximum atomic E-state index is 13.3. The lowest BCUT2D eigenvalue weighted by molar-refractivity contribution is 0.0912. The van der Waals surface area contributed by atoms with Crippen molar-refractivity contribution < 1.29 is 14.3 Å². The summed E-state index contributed by atoms with van der Waals surface area (Å²) in [7, 11) is 0. The van der Waals surface area contributed by atoms with Crippen LogP contribution in [0.1, 0.15) is 29.6 Å². The maximum absolute atomic E-state index is 13.3. The van der Waals surface area contributed by atoms with Gasteiger partial charge in [-0.25, -0.2) is 4.39 Å². The van der Waals surface area contributed by atoms with E-state index in [0.717, 1.165) is 25.5 Å². The number of rotatable bonds is 3. The number of halogens is 1. The van der Waals surface area contributed by atoms with Crippen LogP contribution in [0.15, 0.2) is 18.5 Å². The molecule has 1 saturated carbocycles. The minimum Gasteiger partial charge on any atom is -0.396 e. The Balaban J connectivity index is 2.04. The van der Waals surface area contributed by atoms with Crippen molar-refractivity contribution in [3.8, 4) is 0 Å². The van der Waals surface area contributed by atoms with E-state index in [-0.39, 0.29) is 24.1 Å². The van der Waals surface area contributed by atoms with Crippen molar-refractivity contribution in [1.29, 1.82) is 0 Å². The molecule has 2 atom stereocenters. The predicted octanol–water partition coefficient (Wildman–Crippen LogP) is 1.11. The van der Waals surface area contributed by atoms with E-state index in [4.69, 9.17) is 5.11 Å². The first-order valence-electron chi connectivity index (χ1n) is 5.73. The molecule has 2 rings (SSSR count). The van der Waals surface area contributed by atoms with E-state index in [2.05, 4.69) is 10.3 Å². The Bertz CT molecular complexity index is 411. The number of nitrogens with zero attached hydrogens (tertiary/aromatic N) is 1. The lowest BCUT2D eigenvalue weighted by atomic mass is 10.0. The van der Waals surface area contributed by atoms with Crippen LogP contribution in [0.5, 0.6) is 0 Å². The summed E-state index contributed by atoms with van der Waals surface area (Å²) < 4.78 is 13.3. The highest BCUT2D eigenvalue weighted by molar-refractivity contribution is 5.94. The van der Waals surface area contributed by atoms with Gasteiger partial charge in [0.2, 0.25) is 0 Å². The molecule has 0 spiro atoms. The van der Waals surface area contributed by atoms with Gasteiger partial charge in [0.15, 0.2) is 5.82 Å². The monoisotopic (exact) mass is 238 g/mol. The van der Waals surface area contributed by atoms with Crippen LogP contribution in [-0.2, 0) is 0 Å². The highest BCUT2D eigenvalue weighted by atomic mass is 19.1. The molecule has 2 N–H and O–H groups in total. The van der Waals surface area contributed by atoms with Gasteiger partial charge in [0.1, 0.15) is 0 Å². The molecule has 0 aliphatic heterocycles. The van der Waals surface area contributed by atoms with Gasteiger partial charge in [0, 0.05) is 24.8 Å². The zero-order valence-electron chi connectivity index (χ0n) is 9.40. The quantitative estimate of drug-likeness (QED) is 0.829. The molecule has 2 unspecified atom stereocenters. The molecule has 0 radical (unpaired) electrons. The zero-order valence-corrected chi connectivity index (χ0v) is 9.40. The summed E-state index contributed by atoms with van der Waals surface area (Å²) in [5.74, 6) is -0.970. The smallest absolute Gasteiger partial charge is 0.254 e. The van der Waals surface area contributed by atoms with Crippen LogP contribution in [0, 0.1) is 11.7 Å². The van der Waals surface area contributed by atoms with Crippen LogP contribution >= 0.6 is 0 Å². The fraction of sp³-hybridized carbons (Fsp3) is 0.500. The van der Waals surface area contributed by atoms with Crippen molar-refractivity contribution in [3.63, 3.8) is 0 Å². The van der Waals surface area contributed by atoms with Gasteiger partial charge in [-0.3, -0.25) is 9.78 Å². The van der Waals surface area contributed by atoms with E-state index in [1.54, 1.807) is 0 Å². The number of aliphatic hydroxyl groups is 1. The second-order valence-corrected chi connectivity index (χ2v) is 4.31. The summed E-state index contributed by atoms with van der Waals surface area (Å²) >= 11 is 0. The molecule has 1 aromatic rings. The number of aliphatic hydroxyl groups excluding tert-OH is 1. The van der Waals surface area contributed by atoms with E-state index in [1.165, 1.54) is 12.3 Å². The summed E-state index contributed by atoms with van der Waals surface area (Å²) in [4.78, 5) is 15.4. The summed E-state index contributed by atoms with van der Waals surface area (Å²) in [5.41, 5.74) is 0.00332. The lowest BCUT2D eigenvalue weighted by Crippen LogP contribution is -2.38. The van der Waals surface area contributed by atoms with Gasteiger partial charge in [-0.2, -0.15) is 0 Å². The third kappa shape index (κ3) is 2.61. The largest absolute Gasteiger partial charge is 0.396 e. The molecular weight excluding hydrogens is 223 g/mol. The SMILES string of the molecule is O=C(NC1CCCC1CO)c1ccncc1F. The molecule has 0 aromatic carbocycles. The van der Waals surface area contributed by atoms with E-state index < -0.39 is 11.7 Å². The molecule has 0 saturated heterocycles. The number of hydrogen-bond donors (Lipinski definition) is 2. The first-order valence-corrected chi connectivity index (χ1v) is 5.73. The Labute approximate surface area is 98.9 Å². The second-order valence-electron chi connectivity index (χ2n) is 4.31. The van der Waals surface area contributed by atoms with Crippen LogP contribution < -0.4 is 5.32 Å². The highest BCUT2D eigenvalue weighted by Gasteiger charge is 2.28. The first kappa shape index (κ1) is 12.0. The summed E-state index contributed by atoms with van der Waals surface area (Å²) in [6.45, 7) is 0.0593. The molecule has 92 valence electrons. The van der Waals surface area contributed by atoms with Gasteiger partial charge in [-0.1, -0.05) is 6.42 Å². The summed E-state index contributed by atoms with van der Waals surface area (Å²) in [6, 6.07) is 1.30. The number of amides is 1. The number of aromatic nitrogens is 1. The van der Waals surface area contributed by atoms with Crippen molar-refractivity contribution in [2.45, 2.75) is 25.3 Å². The normalized spacial score (nSPS) is 23.6. The topological polar surface area (TPSA) is 62.2 Å². The van der Waals surface area contributed by atoms with E-state index in [1.807, 2.05) is 0 Å². The van der Waals surface area contributed by atoms with Crippen molar-refractivity contribution >= 4 is 5.91 Å². The third-order valence-corrected chi connectivity index (χ3v) is 3.23. The number of carbonyl (C=O) groups is 1. The van der Waals surface area contributed by atoms with Crippen molar-refractivity contribution in [3.05, 3.63) is 29.8 Å². The van der Waals surface area contributed by atoms with Crippen LogP contribution in [0.25, 0.3) is 0 Å². The van der Waals surface area contributed by atoms with Crippen molar-refractivity contribution in [2.24, 2.45) is 5.92 Å². The van der Waals surface area contributed by atoms with Gasteiger partial charge in [-0.05, 0) is 18.9 Å². The van der Waals surface area contributed by atoms with Gasteiger partial charge in [0.25, 0.3) is 5.91 Å². The lowest BCUT2D eigenvalue weighted by Gasteiger charge is -2.19. The molecule has 0 bridgehead atoms. The van der Waals surface area contributed by atoms with Crippen molar-refractivity contribution in [2.75, 3.05) is 6.61 Å². The van der Waals surface area contributed by atoms with E-state index in [0.29, 0.717) is 0 Å². The Morgan fingerprint density at radius 2 is 2.41 bits per heavy atom. The number of nitrogens with one attached hydrogen (secondary N) is 1. The maximum Gasteiger partial charge on any atom is 0.254 e. The Hall–Kier alpha value is -1.49. The molecule has 1 aliphatic rings.